The summed E-state index contributed by atoms with van der Waals surface area (Å²) in [5.74, 6) is 1.07. The highest BCUT2D eigenvalue weighted by atomic mass is 32.2. The highest BCUT2D eigenvalue weighted by Crippen LogP contribution is 2.29. The molecule has 1 atom stereocenters. The molecule has 0 bridgehead atoms. The second-order valence-electron chi connectivity index (χ2n) is 5.93. The van der Waals surface area contributed by atoms with Gasteiger partial charge < -0.3 is 10.2 Å². The fourth-order valence-corrected chi connectivity index (χ4v) is 4.13. The Morgan fingerprint density at radius 2 is 2.00 bits per heavy atom. The summed E-state index contributed by atoms with van der Waals surface area (Å²) in [5, 5.41) is 4.82. The number of piperidine rings is 1. The number of aliphatic imine (C=N–C) groups is 1. The molecule has 1 N–H and O–H groups in total. The number of rotatable bonds is 4. The molecule has 0 radical (unpaired) electrons. The maximum absolute atomic E-state index is 4.86. The van der Waals surface area contributed by atoms with Crippen LogP contribution in [-0.2, 0) is 0 Å². The van der Waals surface area contributed by atoms with E-state index in [-0.39, 0.29) is 0 Å². The summed E-state index contributed by atoms with van der Waals surface area (Å²) in [4.78, 5) is 7.44. The van der Waals surface area contributed by atoms with E-state index in [9.17, 15) is 0 Å². The second kappa shape index (κ2) is 7.32. The number of nitrogens with zero attached hydrogens (tertiary/aromatic N) is 2. The SMILES string of the molecule is CCCN1CCC(NC2=NC(c3ccccc3)CS2)CC1. The zero-order valence-corrected chi connectivity index (χ0v) is 13.6. The zero-order chi connectivity index (χ0) is 14.5. The first kappa shape index (κ1) is 14.9. The number of amidine groups is 1. The maximum atomic E-state index is 4.86. The number of likely N-dealkylation sites (tertiary alicyclic amines) is 1. The average Bonchev–Trinajstić information content (AvgIpc) is 2.99. The molecule has 1 aromatic carbocycles. The van der Waals surface area contributed by atoms with Crippen LogP contribution >= 0.6 is 11.8 Å². The van der Waals surface area contributed by atoms with E-state index in [4.69, 9.17) is 4.99 Å². The summed E-state index contributed by atoms with van der Waals surface area (Å²) in [6, 6.07) is 11.6. The third-order valence-corrected chi connectivity index (χ3v) is 5.27. The first-order chi connectivity index (χ1) is 10.3. The van der Waals surface area contributed by atoms with Crippen LogP contribution in [0.4, 0.5) is 0 Å². The molecule has 0 spiro atoms. The van der Waals surface area contributed by atoms with Crippen molar-refractivity contribution >= 4 is 16.9 Å². The van der Waals surface area contributed by atoms with Gasteiger partial charge in [0.2, 0.25) is 0 Å². The van der Waals surface area contributed by atoms with E-state index in [1.54, 1.807) is 0 Å². The van der Waals surface area contributed by atoms with E-state index in [2.05, 4.69) is 47.5 Å². The van der Waals surface area contributed by atoms with Crippen LogP contribution in [0.2, 0.25) is 0 Å². The van der Waals surface area contributed by atoms with Crippen molar-refractivity contribution in [3.05, 3.63) is 35.9 Å². The Balaban J connectivity index is 1.50. The van der Waals surface area contributed by atoms with Crippen molar-refractivity contribution in [2.75, 3.05) is 25.4 Å². The summed E-state index contributed by atoms with van der Waals surface area (Å²) in [6.07, 6.45) is 3.75. The van der Waals surface area contributed by atoms with Crippen LogP contribution < -0.4 is 5.32 Å². The molecule has 2 aliphatic heterocycles. The monoisotopic (exact) mass is 303 g/mol. The Bertz CT molecular complexity index is 466. The van der Waals surface area contributed by atoms with Crippen molar-refractivity contribution in [1.29, 1.82) is 0 Å². The maximum Gasteiger partial charge on any atom is 0.157 e. The summed E-state index contributed by atoms with van der Waals surface area (Å²) in [5.41, 5.74) is 1.33. The van der Waals surface area contributed by atoms with Crippen LogP contribution in [0.25, 0.3) is 0 Å². The molecule has 0 saturated carbocycles. The molecule has 1 aromatic rings. The van der Waals surface area contributed by atoms with Crippen LogP contribution in [0, 0.1) is 0 Å². The largest absolute Gasteiger partial charge is 0.362 e. The lowest BCUT2D eigenvalue weighted by molar-refractivity contribution is 0.207. The van der Waals surface area contributed by atoms with E-state index >= 15 is 0 Å². The molecular formula is C17H25N3S. The van der Waals surface area contributed by atoms with E-state index in [1.807, 2.05) is 11.8 Å². The quantitative estimate of drug-likeness (QED) is 0.925. The van der Waals surface area contributed by atoms with E-state index in [0.29, 0.717) is 12.1 Å². The van der Waals surface area contributed by atoms with Crippen molar-refractivity contribution in [2.24, 2.45) is 4.99 Å². The molecule has 3 nitrogen and oxygen atoms in total. The van der Waals surface area contributed by atoms with Gasteiger partial charge in [-0.2, -0.15) is 0 Å². The molecule has 0 aliphatic carbocycles. The molecule has 1 fully saturated rings. The van der Waals surface area contributed by atoms with Crippen LogP contribution in [0.3, 0.4) is 0 Å². The predicted octanol–water partition coefficient (Wildman–Crippen LogP) is 3.29. The lowest BCUT2D eigenvalue weighted by atomic mass is 10.1. The van der Waals surface area contributed by atoms with Crippen LogP contribution in [0.5, 0.6) is 0 Å². The number of hydrogen-bond acceptors (Lipinski definition) is 4. The van der Waals surface area contributed by atoms with Crippen LogP contribution in [0.15, 0.2) is 35.3 Å². The Labute approximate surface area is 132 Å². The van der Waals surface area contributed by atoms with Crippen molar-refractivity contribution < 1.29 is 0 Å². The van der Waals surface area contributed by atoms with Gasteiger partial charge in [-0.15, -0.1) is 0 Å². The van der Waals surface area contributed by atoms with Gasteiger partial charge in [-0.05, 0) is 31.4 Å². The van der Waals surface area contributed by atoms with Gasteiger partial charge in [0.1, 0.15) is 0 Å². The minimum absolute atomic E-state index is 0.332. The van der Waals surface area contributed by atoms with Crippen LogP contribution in [-0.4, -0.2) is 41.5 Å². The summed E-state index contributed by atoms with van der Waals surface area (Å²) in [7, 11) is 0. The summed E-state index contributed by atoms with van der Waals surface area (Å²) < 4.78 is 0. The lowest BCUT2D eigenvalue weighted by Crippen LogP contribution is -2.43. The van der Waals surface area contributed by atoms with E-state index in [1.165, 1.54) is 44.5 Å². The van der Waals surface area contributed by atoms with Crippen molar-refractivity contribution in [3.8, 4) is 0 Å². The van der Waals surface area contributed by atoms with Gasteiger partial charge in [-0.1, -0.05) is 49.0 Å². The van der Waals surface area contributed by atoms with Gasteiger partial charge in [-0.25, -0.2) is 0 Å². The first-order valence-corrected chi connectivity index (χ1v) is 9.08. The highest BCUT2D eigenvalue weighted by Gasteiger charge is 2.24. The van der Waals surface area contributed by atoms with Crippen molar-refractivity contribution in [1.82, 2.24) is 10.2 Å². The molecule has 1 saturated heterocycles. The van der Waals surface area contributed by atoms with Crippen LogP contribution in [0.1, 0.15) is 37.8 Å². The summed E-state index contributed by atoms with van der Waals surface area (Å²) in [6.45, 7) is 5.97. The van der Waals surface area contributed by atoms with Gasteiger partial charge in [0, 0.05) is 24.9 Å². The Morgan fingerprint density at radius 1 is 1.24 bits per heavy atom. The Morgan fingerprint density at radius 3 is 2.71 bits per heavy atom. The van der Waals surface area contributed by atoms with E-state index < -0.39 is 0 Å². The molecule has 21 heavy (non-hydrogen) atoms. The average molecular weight is 303 g/mol. The highest BCUT2D eigenvalue weighted by molar-refractivity contribution is 8.14. The molecule has 3 rings (SSSR count). The standard InChI is InChI=1S/C17H25N3S/c1-2-10-20-11-8-15(9-12-20)18-17-19-16(13-21-17)14-6-4-3-5-7-14/h3-7,15-16H,2,8-13H2,1H3,(H,18,19). The second-order valence-corrected chi connectivity index (χ2v) is 6.94. The number of thioether (sulfide) groups is 1. The number of hydrogen-bond donors (Lipinski definition) is 1. The van der Waals surface area contributed by atoms with Gasteiger partial charge in [0.05, 0.1) is 6.04 Å². The van der Waals surface area contributed by atoms with Gasteiger partial charge >= 0.3 is 0 Å². The molecular weight excluding hydrogens is 278 g/mol. The zero-order valence-electron chi connectivity index (χ0n) is 12.8. The molecule has 1 unspecified atom stereocenters. The third kappa shape index (κ3) is 4.01. The fraction of sp³-hybridized carbons (Fsp3) is 0.588. The molecule has 4 heteroatoms. The molecule has 114 valence electrons. The summed E-state index contributed by atoms with van der Waals surface area (Å²) >= 11 is 1.88. The Hall–Kier alpha value is -1.00. The number of nitrogens with one attached hydrogen (secondary N) is 1. The van der Waals surface area contributed by atoms with E-state index in [0.717, 1.165) is 10.9 Å². The minimum Gasteiger partial charge on any atom is -0.362 e. The lowest BCUT2D eigenvalue weighted by Gasteiger charge is -2.32. The fourth-order valence-electron chi connectivity index (χ4n) is 3.09. The molecule has 0 amide bonds. The minimum atomic E-state index is 0.332. The number of benzene rings is 1. The van der Waals surface area contributed by atoms with Gasteiger partial charge in [0.25, 0.3) is 0 Å². The normalized spacial score (nSPS) is 24.0. The Kier molecular flexibility index (Phi) is 5.20. The third-order valence-electron chi connectivity index (χ3n) is 4.29. The first-order valence-electron chi connectivity index (χ1n) is 8.09. The molecule has 0 aromatic heterocycles. The molecule has 2 aliphatic rings. The van der Waals surface area contributed by atoms with Crippen molar-refractivity contribution in [3.63, 3.8) is 0 Å². The smallest absolute Gasteiger partial charge is 0.157 e. The molecule has 2 heterocycles. The van der Waals surface area contributed by atoms with Gasteiger partial charge in [0.15, 0.2) is 5.17 Å². The topological polar surface area (TPSA) is 27.6 Å². The van der Waals surface area contributed by atoms with Gasteiger partial charge in [-0.3, -0.25) is 4.99 Å². The van der Waals surface area contributed by atoms with Crippen molar-refractivity contribution in [2.45, 2.75) is 38.3 Å². The predicted molar refractivity (Wildman–Crippen MR) is 92.0 cm³/mol.